The number of benzene rings is 2. The Bertz CT molecular complexity index is 637. The lowest BCUT2D eigenvalue weighted by atomic mass is 9.97. The number of hydrogen-bond donors (Lipinski definition) is 0. The number of para-hydroxylation sites is 1. The van der Waals surface area contributed by atoms with Crippen LogP contribution in [0.15, 0.2) is 54.6 Å². The molecule has 2 aromatic rings. The van der Waals surface area contributed by atoms with Gasteiger partial charge in [0.05, 0.1) is 7.11 Å². The van der Waals surface area contributed by atoms with Crippen LogP contribution in [0.1, 0.15) is 17.0 Å². The Balaban J connectivity index is 2.28. The van der Waals surface area contributed by atoms with E-state index in [0.717, 1.165) is 5.56 Å². The first kappa shape index (κ1) is 18.0. The number of methoxy groups -OCH3 is 3. The predicted molar refractivity (Wildman–Crippen MR) is 89.8 cm³/mol. The van der Waals surface area contributed by atoms with Crippen LogP contribution in [0.4, 0.5) is 0 Å². The fourth-order valence-electron chi connectivity index (χ4n) is 2.48. The predicted octanol–water partition coefficient (Wildman–Crippen LogP) is 3.14. The third kappa shape index (κ3) is 4.34. The highest BCUT2D eigenvalue weighted by Gasteiger charge is 2.33. The molecule has 0 aliphatic rings. The molecule has 0 bridgehead atoms. The molecule has 2 aromatic carbocycles. The van der Waals surface area contributed by atoms with E-state index in [9.17, 15) is 4.79 Å². The van der Waals surface area contributed by atoms with Crippen LogP contribution in [0.2, 0.25) is 0 Å². The Labute approximate surface area is 142 Å². The Morgan fingerprint density at radius 1 is 0.917 bits per heavy atom. The van der Waals surface area contributed by atoms with Crippen molar-refractivity contribution < 1.29 is 23.7 Å². The van der Waals surface area contributed by atoms with Crippen molar-refractivity contribution in [3.05, 3.63) is 65.7 Å². The molecule has 0 amide bonds. The van der Waals surface area contributed by atoms with E-state index in [1.165, 1.54) is 21.3 Å². The summed E-state index contributed by atoms with van der Waals surface area (Å²) < 4.78 is 21.4. The van der Waals surface area contributed by atoms with Gasteiger partial charge < -0.3 is 18.9 Å². The Morgan fingerprint density at radius 2 is 1.54 bits per heavy atom. The van der Waals surface area contributed by atoms with Crippen LogP contribution in [0.25, 0.3) is 0 Å². The van der Waals surface area contributed by atoms with Gasteiger partial charge in [-0.1, -0.05) is 48.5 Å². The largest absolute Gasteiger partial charge is 0.489 e. The minimum Gasteiger partial charge on any atom is -0.489 e. The fraction of sp³-hybridized carbons (Fsp3) is 0.316. The molecule has 1 atom stereocenters. The average molecular weight is 330 g/mol. The zero-order valence-corrected chi connectivity index (χ0v) is 14.1. The molecule has 0 aromatic heterocycles. The summed E-state index contributed by atoms with van der Waals surface area (Å²) in [5.74, 6) is -0.590. The number of ether oxygens (including phenoxy) is 4. The lowest BCUT2D eigenvalue weighted by Gasteiger charge is -2.24. The Morgan fingerprint density at radius 3 is 2.17 bits per heavy atom. The molecule has 128 valence electrons. The summed E-state index contributed by atoms with van der Waals surface area (Å²) in [6.07, 6.45) is -0.765. The van der Waals surface area contributed by atoms with E-state index in [2.05, 4.69) is 0 Å². The van der Waals surface area contributed by atoms with Crippen molar-refractivity contribution in [3.8, 4) is 5.75 Å². The van der Waals surface area contributed by atoms with E-state index < -0.39 is 18.2 Å². The minimum atomic E-state index is -0.765. The van der Waals surface area contributed by atoms with Gasteiger partial charge in [0, 0.05) is 19.8 Å². The maximum absolute atomic E-state index is 12.3. The number of rotatable bonds is 8. The zero-order valence-electron chi connectivity index (χ0n) is 14.1. The smallest absolute Gasteiger partial charge is 0.318 e. The molecule has 0 aliphatic heterocycles. The minimum absolute atomic E-state index is 0.399. The van der Waals surface area contributed by atoms with E-state index in [1.807, 2.05) is 54.6 Å². The van der Waals surface area contributed by atoms with Crippen molar-refractivity contribution in [2.24, 2.45) is 0 Å². The van der Waals surface area contributed by atoms with Gasteiger partial charge in [-0.05, 0) is 11.6 Å². The van der Waals surface area contributed by atoms with Crippen molar-refractivity contribution >= 4 is 5.97 Å². The van der Waals surface area contributed by atoms with Crippen LogP contribution < -0.4 is 4.74 Å². The molecule has 0 aliphatic carbocycles. The first-order valence-corrected chi connectivity index (χ1v) is 7.60. The highest BCUT2D eigenvalue weighted by atomic mass is 16.7. The van der Waals surface area contributed by atoms with Crippen LogP contribution in [0.5, 0.6) is 5.75 Å². The molecule has 0 N–H and O–H groups in total. The van der Waals surface area contributed by atoms with Gasteiger partial charge in [0.25, 0.3) is 0 Å². The topological polar surface area (TPSA) is 54.0 Å². The van der Waals surface area contributed by atoms with Gasteiger partial charge in [-0.15, -0.1) is 0 Å². The van der Waals surface area contributed by atoms with Crippen molar-refractivity contribution in [2.45, 2.75) is 18.8 Å². The molecule has 0 fully saturated rings. The summed E-state index contributed by atoms with van der Waals surface area (Å²) in [7, 11) is 4.31. The molecule has 1 unspecified atom stereocenters. The number of carbonyl (C=O) groups is 1. The number of hydrogen-bond acceptors (Lipinski definition) is 5. The number of carbonyl (C=O) groups excluding carboxylic acids is 1. The molecule has 0 radical (unpaired) electrons. The van der Waals surface area contributed by atoms with Crippen molar-refractivity contribution in [1.29, 1.82) is 0 Å². The van der Waals surface area contributed by atoms with Crippen LogP contribution in [-0.4, -0.2) is 33.6 Å². The van der Waals surface area contributed by atoms with E-state index in [0.29, 0.717) is 17.9 Å². The lowest BCUT2D eigenvalue weighted by molar-refractivity contribution is -0.163. The second-order valence-electron chi connectivity index (χ2n) is 5.15. The van der Waals surface area contributed by atoms with E-state index in [-0.39, 0.29) is 0 Å². The molecule has 5 heteroatoms. The Kier molecular flexibility index (Phi) is 6.78. The summed E-state index contributed by atoms with van der Waals surface area (Å²) in [5, 5.41) is 0. The first-order chi connectivity index (χ1) is 11.7. The summed E-state index contributed by atoms with van der Waals surface area (Å²) >= 11 is 0. The van der Waals surface area contributed by atoms with Crippen LogP contribution in [-0.2, 0) is 25.6 Å². The molecule has 0 heterocycles. The van der Waals surface area contributed by atoms with Gasteiger partial charge in [-0.25, -0.2) is 0 Å². The number of esters is 1. The van der Waals surface area contributed by atoms with Crippen molar-refractivity contribution in [1.82, 2.24) is 0 Å². The van der Waals surface area contributed by atoms with E-state index in [4.69, 9.17) is 18.9 Å². The normalized spacial score (nSPS) is 12.0. The van der Waals surface area contributed by atoms with Crippen molar-refractivity contribution in [2.75, 3.05) is 21.3 Å². The molecule has 0 spiro atoms. The highest BCUT2D eigenvalue weighted by Crippen LogP contribution is 2.32. The molecule has 2 rings (SSSR count). The molecular weight excluding hydrogens is 308 g/mol. The van der Waals surface area contributed by atoms with Gasteiger partial charge in [0.1, 0.15) is 18.3 Å². The van der Waals surface area contributed by atoms with Gasteiger partial charge in [0.2, 0.25) is 0 Å². The quantitative estimate of drug-likeness (QED) is 0.550. The second-order valence-corrected chi connectivity index (χ2v) is 5.15. The summed E-state index contributed by atoms with van der Waals surface area (Å²) in [6.45, 7) is 0.399. The zero-order chi connectivity index (χ0) is 17.4. The fourth-order valence-corrected chi connectivity index (χ4v) is 2.48. The molecule has 0 saturated heterocycles. The van der Waals surface area contributed by atoms with Crippen molar-refractivity contribution in [3.63, 3.8) is 0 Å². The van der Waals surface area contributed by atoms with Crippen LogP contribution in [0.3, 0.4) is 0 Å². The standard InChI is InChI=1S/C19H22O5/c1-21-18(20)17(19(22-2)23-3)15-11-7-8-12-16(15)24-13-14-9-5-4-6-10-14/h4-12,17,19H,13H2,1-3H3. The van der Waals surface area contributed by atoms with Gasteiger partial charge in [-0.2, -0.15) is 0 Å². The monoisotopic (exact) mass is 330 g/mol. The van der Waals surface area contributed by atoms with Crippen LogP contribution in [0, 0.1) is 0 Å². The molecular formula is C19H22O5. The average Bonchev–Trinajstić information content (AvgIpc) is 2.65. The summed E-state index contributed by atoms with van der Waals surface area (Å²) in [6, 6.07) is 17.1. The third-order valence-corrected chi connectivity index (χ3v) is 3.68. The third-order valence-electron chi connectivity index (χ3n) is 3.68. The summed E-state index contributed by atoms with van der Waals surface area (Å²) in [5.41, 5.74) is 1.70. The first-order valence-electron chi connectivity index (χ1n) is 7.60. The molecule has 0 saturated carbocycles. The molecule has 24 heavy (non-hydrogen) atoms. The maximum atomic E-state index is 12.3. The molecule has 5 nitrogen and oxygen atoms in total. The maximum Gasteiger partial charge on any atom is 0.318 e. The van der Waals surface area contributed by atoms with E-state index >= 15 is 0 Å². The summed E-state index contributed by atoms with van der Waals surface area (Å²) in [4.78, 5) is 12.3. The second kappa shape index (κ2) is 9.05. The van der Waals surface area contributed by atoms with Gasteiger partial charge in [-0.3, -0.25) is 4.79 Å². The lowest BCUT2D eigenvalue weighted by Crippen LogP contribution is -2.30. The van der Waals surface area contributed by atoms with Gasteiger partial charge >= 0.3 is 5.97 Å². The van der Waals surface area contributed by atoms with Gasteiger partial charge in [0.15, 0.2) is 6.29 Å². The Hall–Kier alpha value is -2.37. The highest BCUT2D eigenvalue weighted by molar-refractivity contribution is 5.79. The van der Waals surface area contributed by atoms with Crippen LogP contribution >= 0.6 is 0 Å². The SMILES string of the molecule is COC(=O)C(c1ccccc1OCc1ccccc1)C(OC)OC. The van der Waals surface area contributed by atoms with E-state index in [1.54, 1.807) is 0 Å².